The SMILES string of the molecule is CC(C)(C)c1cc(CCCOP(=O)([O-])[O-])cc(C(C)(C)C)c1O.CC(C)(C)c1cc(CCCOP(=O)([O-])[O-])cc(C(C)(C)C)c1O.[Ca+2].[Ca+2]. The summed E-state index contributed by atoms with van der Waals surface area (Å²) in [7, 11) is -9.81. The molecule has 0 spiro atoms. The maximum absolute atomic E-state index is 10.6. The van der Waals surface area contributed by atoms with Gasteiger partial charge in [-0.2, -0.15) is 0 Å². The van der Waals surface area contributed by atoms with Crippen molar-refractivity contribution in [2.24, 2.45) is 0 Å². The molecule has 2 aromatic carbocycles. The molecule has 0 radical (unpaired) electrons. The number of phosphoric ester groups is 2. The molecule has 2 N–H and O–H groups in total. The van der Waals surface area contributed by atoms with E-state index in [1.165, 1.54) is 0 Å². The van der Waals surface area contributed by atoms with Crippen LogP contribution in [0.15, 0.2) is 24.3 Å². The molecule has 14 heteroatoms. The van der Waals surface area contributed by atoms with Gasteiger partial charge in [0.1, 0.15) is 11.5 Å². The van der Waals surface area contributed by atoms with E-state index in [1.807, 2.05) is 107 Å². The van der Waals surface area contributed by atoms with Crippen LogP contribution < -0.4 is 19.6 Å². The zero-order chi connectivity index (χ0) is 36.1. The number of rotatable bonds is 10. The summed E-state index contributed by atoms with van der Waals surface area (Å²) in [6.07, 6.45) is 2.00. The number of phenolic OH excluding ortho intramolecular Hbond substituents is 2. The van der Waals surface area contributed by atoms with E-state index in [-0.39, 0.29) is 110 Å². The van der Waals surface area contributed by atoms with Crippen LogP contribution in [-0.2, 0) is 52.7 Å². The number of benzene rings is 2. The molecule has 0 fully saturated rings. The molecule has 2 rings (SSSR count). The molecule has 0 aromatic heterocycles. The van der Waals surface area contributed by atoms with Gasteiger partial charge in [-0.1, -0.05) is 107 Å². The van der Waals surface area contributed by atoms with Crippen LogP contribution >= 0.6 is 15.6 Å². The van der Waals surface area contributed by atoms with E-state index in [0.717, 1.165) is 33.4 Å². The van der Waals surface area contributed by atoms with E-state index >= 15 is 0 Å². The van der Waals surface area contributed by atoms with Gasteiger partial charge in [-0.15, -0.1) is 0 Å². The zero-order valence-corrected chi connectivity index (χ0v) is 37.2. The van der Waals surface area contributed by atoms with Gasteiger partial charge in [0.15, 0.2) is 0 Å². The second-order valence-electron chi connectivity index (χ2n) is 15.8. The van der Waals surface area contributed by atoms with Gasteiger partial charge in [-0.05, 0) is 80.7 Å². The van der Waals surface area contributed by atoms with Crippen LogP contribution in [0.4, 0.5) is 0 Å². The third-order valence-electron chi connectivity index (χ3n) is 7.29. The van der Waals surface area contributed by atoms with Crippen molar-refractivity contribution in [2.75, 3.05) is 13.2 Å². The largest absolute Gasteiger partial charge is 2.00 e. The third-order valence-corrected chi connectivity index (χ3v) is 8.29. The van der Waals surface area contributed by atoms with Crippen LogP contribution in [-0.4, -0.2) is 98.9 Å². The molecule has 0 aliphatic carbocycles. The fourth-order valence-electron chi connectivity index (χ4n) is 4.87. The van der Waals surface area contributed by atoms with Gasteiger partial charge in [-0.25, -0.2) is 0 Å². The zero-order valence-electron chi connectivity index (χ0n) is 31.0. The Kier molecular flexibility index (Phi) is 20.9. The summed E-state index contributed by atoms with van der Waals surface area (Å²) in [6, 6.07) is 7.77. The molecule has 0 saturated carbocycles. The van der Waals surface area contributed by atoms with Crippen molar-refractivity contribution < 1.29 is 48.0 Å². The number of aromatic hydroxyl groups is 2. The Morgan fingerprint density at radius 3 is 0.896 bits per heavy atom. The van der Waals surface area contributed by atoms with Gasteiger partial charge in [0.2, 0.25) is 0 Å². The fourth-order valence-corrected chi connectivity index (χ4v) is 5.57. The average molecular weight is 765 g/mol. The maximum atomic E-state index is 10.6. The van der Waals surface area contributed by atoms with Crippen LogP contribution in [0.1, 0.15) is 129 Å². The van der Waals surface area contributed by atoms with Crippen LogP contribution in [0.2, 0.25) is 0 Å². The molecular formula is C34H54Ca2O10P2. The van der Waals surface area contributed by atoms with E-state index in [2.05, 4.69) is 9.05 Å². The maximum Gasteiger partial charge on any atom is 2.00 e. The first-order valence-electron chi connectivity index (χ1n) is 15.5. The van der Waals surface area contributed by atoms with Crippen molar-refractivity contribution in [3.8, 4) is 11.5 Å². The Labute approximate surface area is 348 Å². The van der Waals surface area contributed by atoms with Crippen molar-refractivity contribution >= 4 is 91.1 Å². The number of phenols is 2. The summed E-state index contributed by atoms with van der Waals surface area (Å²) < 4.78 is 29.5. The van der Waals surface area contributed by atoms with Gasteiger partial charge in [-0.3, -0.25) is 0 Å². The standard InChI is InChI=1S/2C17H29O5P.2Ca/c2*1-16(2,3)13-10-12(8-7-9-22-23(19,20)21)11-14(15(13)18)17(4,5)6;;/h2*10-11,18H,7-9H2,1-6H3,(H2,19,20,21);;/q;;2*+2/p-4. The van der Waals surface area contributed by atoms with Crippen LogP contribution in [0.5, 0.6) is 11.5 Å². The van der Waals surface area contributed by atoms with Gasteiger partial charge in [0.05, 0.1) is 28.9 Å². The summed E-state index contributed by atoms with van der Waals surface area (Å²) >= 11 is 0. The van der Waals surface area contributed by atoms with Gasteiger partial charge < -0.3 is 48.0 Å². The van der Waals surface area contributed by atoms with Crippen molar-refractivity contribution in [1.82, 2.24) is 0 Å². The van der Waals surface area contributed by atoms with E-state index in [1.54, 1.807) is 0 Å². The monoisotopic (exact) mass is 764 g/mol. The molecule has 10 nitrogen and oxygen atoms in total. The Hall–Kier alpha value is 0.779. The molecule has 0 bridgehead atoms. The first-order chi connectivity index (χ1) is 20.4. The molecule has 264 valence electrons. The van der Waals surface area contributed by atoms with Crippen molar-refractivity contribution in [3.05, 3.63) is 57.6 Å². The normalized spacial score (nSPS) is 12.8. The first kappa shape index (κ1) is 50.9. The minimum absolute atomic E-state index is 0. The molecule has 0 saturated heterocycles. The topological polar surface area (TPSA) is 185 Å². The van der Waals surface area contributed by atoms with Gasteiger partial charge in [0.25, 0.3) is 0 Å². The first-order valence-corrected chi connectivity index (χ1v) is 18.4. The molecule has 0 aliphatic rings. The smallest absolute Gasteiger partial charge is 0.790 e. The number of aryl methyl sites for hydroxylation is 2. The number of phosphoric acid groups is 2. The average Bonchev–Trinajstić information content (AvgIpc) is 2.82. The van der Waals surface area contributed by atoms with Gasteiger partial charge in [0, 0.05) is 0 Å². The van der Waals surface area contributed by atoms with Crippen molar-refractivity contribution in [3.63, 3.8) is 0 Å². The molecule has 0 aliphatic heterocycles. The molecule has 2 aromatic rings. The Morgan fingerprint density at radius 1 is 0.521 bits per heavy atom. The second kappa shape index (κ2) is 19.7. The number of hydrogen-bond donors (Lipinski definition) is 2. The molecular weight excluding hydrogens is 710 g/mol. The van der Waals surface area contributed by atoms with Gasteiger partial charge >= 0.3 is 75.5 Å². The minimum Gasteiger partial charge on any atom is -0.790 e. The van der Waals surface area contributed by atoms with E-state index < -0.39 is 15.6 Å². The van der Waals surface area contributed by atoms with Crippen molar-refractivity contribution in [2.45, 2.75) is 130 Å². The molecule has 48 heavy (non-hydrogen) atoms. The Bertz CT molecular complexity index is 1230. The molecule has 0 atom stereocenters. The minimum atomic E-state index is -4.91. The molecule has 0 heterocycles. The summed E-state index contributed by atoms with van der Waals surface area (Å²) in [5, 5.41) is 21.2. The summed E-state index contributed by atoms with van der Waals surface area (Å²) in [5.41, 5.74) is 4.58. The summed E-state index contributed by atoms with van der Waals surface area (Å²) in [6.45, 7) is 24.2. The quantitative estimate of drug-likeness (QED) is 0.194. The van der Waals surface area contributed by atoms with Crippen molar-refractivity contribution in [1.29, 1.82) is 0 Å². The predicted octanol–water partition coefficient (Wildman–Crippen LogP) is 4.77. The van der Waals surface area contributed by atoms with E-state index in [4.69, 9.17) is 0 Å². The summed E-state index contributed by atoms with van der Waals surface area (Å²) in [5.74, 6) is 0.627. The predicted molar refractivity (Wildman–Crippen MR) is 186 cm³/mol. The van der Waals surface area contributed by atoms with E-state index in [0.29, 0.717) is 37.2 Å². The molecule has 0 unspecified atom stereocenters. The van der Waals surface area contributed by atoms with E-state index in [9.17, 15) is 38.9 Å². The second-order valence-corrected chi connectivity index (χ2v) is 18.2. The summed E-state index contributed by atoms with van der Waals surface area (Å²) in [4.78, 5) is 41.9. The Morgan fingerprint density at radius 2 is 0.729 bits per heavy atom. The number of hydrogen-bond acceptors (Lipinski definition) is 10. The Balaban J connectivity index is 0. The fraction of sp³-hybridized carbons (Fsp3) is 0.647. The third kappa shape index (κ3) is 18.5. The van der Waals surface area contributed by atoms with Crippen LogP contribution in [0.25, 0.3) is 0 Å². The molecule has 0 amide bonds. The van der Waals surface area contributed by atoms with Crippen LogP contribution in [0, 0.1) is 0 Å². The van der Waals surface area contributed by atoms with Crippen LogP contribution in [0.3, 0.4) is 0 Å².